The number of aromatic nitrogens is 2. The van der Waals surface area contributed by atoms with Crippen molar-refractivity contribution in [3.63, 3.8) is 0 Å². The molecule has 0 bridgehead atoms. The van der Waals surface area contributed by atoms with Crippen LogP contribution in [0.25, 0.3) is 11.4 Å². The zero-order valence-electron chi connectivity index (χ0n) is 15.0. The fourth-order valence-electron chi connectivity index (χ4n) is 3.74. The van der Waals surface area contributed by atoms with Crippen molar-refractivity contribution in [2.45, 2.75) is 38.1 Å². The number of fused-ring (bicyclic) bond motifs is 1. The van der Waals surface area contributed by atoms with Crippen molar-refractivity contribution in [2.75, 3.05) is 24.5 Å². The average Bonchev–Trinajstić information content (AvgIpc) is 3.21. The number of carbonyl (C=O) groups excluding carboxylic acids is 1. The van der Waals surface area contributed by atoms with Crippen molar-refractivity contribution < 1.29 is 4.79 Å². The fraction of sp³-hybridized carbons (Fsp3) is 0.450. The predicted molar refractivity (Wildman–Crippen MR) is 103 cm³/mol. The summed E-state index contributed by atoms with van der Waals surface area (Å²) in [5.74, 6) is 1.75. The first kappa shape index (κ1) is 17.3. The summed E-state index contributed by atoms with van der Waals surface area (Å²) in [5.41, 5.74) is 3.18. The number of halogens is 1. The van der Waals surface area contributed by atoms with Crippen molar-refractivity contribution in [3.8, 4) is 11.4 Å². The molecule has 1 unspecified atom stereocenters. The maximum Gasteiger partial charge on any atom is 0.240 e. The molecule has 136 valence electrons. The average molecular weight is 371 g/mol. The Morgan fingerprint density at radius 2 is 1.85 bits per heavy atom. The first-order valence-corrected chi connectivity index (χ1v) is 9.70. The second kappa shape index (κ2) is 7.23. The zero-order valence-corrected chi connectivity index (χ0v) is 15.7. The molecule has 5 nitrogen and oxygen atoms in total. The minimum Gasteiger partial charge on any atom is -0.356 e. The molecule has 1 saturated heterocycles. The van der Waals surface area contributed by atoms with E-state index >= 15 is 0 Å². The molecule has 3 heterocycles. The smallest absolute Gasteiger partial charge is 0.240 e. The number of alkyl halides is 1. The van der Waals surface area contributed by atoms with E-state index in [0.717, 1.165) is 48.0 Å². The molecule has 1 aromatic heterocycles. The highest BCUT2D eigenvalue weighted by molar-refractivity contribution is 6.30. The van der Waals surface area contributed by atoms with Gasteiger partial charge in [-0.05, 0) is 19.8 Å². The maximum absolute atomic E-state index is 12.4. The Kier molecular flexibility index (Phi) is 4.81. The Morgan fingerprint density at radius 3 is 2.54 bits per heavy atom. The lowest BCUT2D eigenvalue weighted by atomic mass is 10.0. The van der Waals surface area contributed by atoms with Crippen LogP contribution < -0.4 is 4.90 Å². The summed E-state index contributed by atoms with van der Waals surface area (Å²) in [6.07, 6.45) is 3.11. The lowest BCUT2D eigenvalue weighted by Crippen LogP contribution is -2.40. The molecule has 2 aliphatic rings. The van der Waals surface area contributed by atoms with Crippen LogP contribution in [0.4, 0.5) is 5.82 Å². The largest absolute Gasteiger partial charge is 0.356 e. The number of rotatable bonds is 3. The van der Waals surface area contributed by atoms with E-state index in [0.29, 0.717) is 13.1 Å². The Morgan fingerprint density at radius 1 is 1.12 bits per heavy atom. The van der Waals surface area contributed by atoms with E-state index < -0.39 is 5.38 Å². The summed E-state index contributed by atoms with van der Waals surface area (Å²) in [4.78, 5) is 26.3. The third kappa shape index (κ3) is 3.28. The highest BCUT2D eigenvalue weighted by Gasteiger charge is 2.29. The van der Waals surface area contributed by atoms with Gasteiger partial charge in [0.15, 0.2) is 5.82 Å². The van der Waals surface area contributed by atoms with E-state index in [1.165, 1.54) is 12.8 Å². The third-order valence-electron chi connectivity index (χ3n) is 5.13. The van der Waals surface area contributed by atoms with Gasteiger partial charge in [-0.25, -0.2) is 9.97 Å². The summed E-state index contributed by atoms with van der Waals surface area (Å²) in [6, 6.07) is 10.1. The Labute approximate surface area is 159 Å². The normalized spacial score (nSPS) is 17.9. The second-order valence-corrected chi connectivity index (χ2v) is 7.64. The van der Waals surface area contributed by atoms with Gasteiger partial charge in [0.05, 0.1) is 12.2 Å². The fourth-order valence-corrected chi connectivity index (χ4v) is 3.88. The SMILES string of the molecule is CC(Cl)C(=O)N1CCc2nc(-c3ccccc3)nc(N3CCCC3)c2C1. The molecule has 1 amide bonds. The summed E-state index contributed by atoms with van der Waals surface area (Å²) < 4.78 is 0. The minimum atomic E-state index is -0.503. The van der Waals surface area contributed by atoms with Gasteiger partial charge in [0.25, 0.3) is 0 Å². The molecular weight excluding hydrogens is 348 g/mol. The Bertz CT molecular complexity index is 803. The Balaban J connectivity index is 1.76. The lowest BCUT2D eigenvalue weighted by Gasteiger charge is -2.32. The highest BCUT2D eigenvalue weighted by atomic mass is 35.5. The van der Waals surface area contributed by atoms with E-state index in [9.17, 15) is 4.79 Å². The lowest BCUT2D eigenvalue weighted by molar-refractivity contribution is -0.131. The maximum atomic E-state index is 12.4. The molecule has 0 aliphatic carbocycles. The van der Waals surface area contributed by atoms with Gasteiger partial charge in [-0.15, -0.1) is 11.6 Å². The highest BCUT2D eigenvalue weighted by Crippen LogP contribution is 2.31. The number of nitrogens with zero attached hydrogens (tertiary/aromatic N) is 4. The van der Waals surface area contributed by atoms with Crippen LogP contribution in [0, 0.1) is 0 Å². The molecule has 1 atom stereocenters. The van der Waals surface area contributed by atoms with E-state index in [1.807, 2.05) is 35.2 Å². The van der Waals surface area contributed by atoms with Gasteiger partial charge in [-0.3, -0.25) is 4.79 Å². The molecule has 4 rings (SSSR count). The zero-order chi connectivity index (χ0) is 18.1. The van der Waals surface area contributed by atoms with E-state index in [-0.39, 0.29) is 5.91 Å². The standard InChI is InChI=1S/C20H23ClN4O/c1-14(21)20(26)25-12-9-17-16(13-25)19(24-10-5-6-11-24)23-18(22-17)15-7-3-2-4-8-15/h2-4,7-8,14H,5-6,9-13H2,1H3. The van der Waals surface area contributed by atoms with E-state index in [1.54, 1.807) is 6.92 Å². The summed E-state index contributed by atoms with van der Waals surface area (Å²) in [7, 11) is 0. The van der Waals surface area contributed by atoms with Crippen molar-refractivity contribution in [2.24, 2.45) is 0 Å². The van der Waals surface area contributed by atoms with E-state index in [4.69, 9.17) is 21.6 Å². The van der Waals surface area contributed by atoms with Crippen LogP contribution in [0.2, 0.25) is 0 Å². The first-order chi connectivity index (χ1) is 12.6. The molecule has 2 aromatic rings. The van der Waals surface area contributed by atoms with Crippen LogP contribution in [-0.2, 0) is 17.8 Å². The van der Waals surface area contributed by atoms with Crippen LogP contribution in [0.3, 0.4) is 0 Å². The monoisotopic (exact) mass is 370 g/mol. The summed E-state index contributed by atoms with van der Waals surface area (Å²) >= 11 is 6.03. The molecule has 0 saturated carbocycles. The van der Waals surface area contributed by atoms with Gasteiger partial charge in [0.2, 0.25) is 5.91 Å². The molecule has 1 aromatic carbocycles. The van der Waals surface area contributed by atoms with Gasteiger partial charge < -0.3 is 9.80 Å². The quantitative estimate of drug-likeness (QED) is 0.778. The molecular formula is C20H23ClN4O. The number of hydrogen-bond acceptors (Lipinski definition) is 4. The van der Waals surface area contributed by atoms with Crippen molar-refractivity contribution in [1.29, 1.82) is 0 Å². The van der Waals surface area contributed by atoms with Gasteiger partial charge in [0.1, 0.15) is 11.2 Å². The van der Waals surface area contributed by atoms with Crippen LogP contribution in [0.5, 0.6) is 0 Å². The van der Waals surface area contributed by atoms with Gasteiger partial charge >= 0.3 is 0 Å². The third-order valence-corrected chi connectivity index (χ3v) is 5.31. The molecule has 6 heteroatoms. The second-order valence-electron chi connectivity index (χ2n) is 6.98. The molecule has 0 N–H and O–H groups in total. The number of anilines is 1. The molecule has 26 heavy (non-hydrogen) atoms. The summed E-state index contributed by atoms with van der Waals surface area (Å²) in [6.45, 7) is 4.96. The molecule has 1 fully saturated rings. The minimum absolute atomic E-state index is 0.0168. The van der Waals surface area contributed by atoms with Crippen LogP contribution in [-0.4, -0.2) is 45.8 Å². The molecule has 0 radical (unpaired) electrons. The molecule has 0 spiro atoms. The van der Waals surface area contributed by atoms with Crippen LogP contribution in [0.15, 0.2) is 30.3 Å². The topological polar surface area (TPSA) is 49.3 Å². The van der Waals surface area contributed by atoms with Crippen LogP contribution in [0.1, 0.15) is 31.0 Å². The number of carbonyl (C=O) groups is 1. The Hall–Kier alpha value is -2.14. The number of hydrogen-bond donors (Lipinski definition) is 0. The van der Waals surface area contributed by atoms with Gasteiger partial charge in [-0.2, -0.15) is 0 Å². The number of benzene rings is 1. The van der Waals surface area contributed by atoms with Crippen molar-refractivity contribution in [3.05, 3.63) is 41.6 Å². The number of amides is 1. The van der Waals surface area contributed by atoms with Crippen molar-refractivity contribution >= 4 is 23.3 Å². The molecule has 2 aliphatic heterocycles. The van der Waals surface area contributed by atoms with E-state index in [2.05, 4.69) is 4.90 Å². The summed E-state index contributed by atoms with van der Waals surface area (Å²) in [5, 5.41) is -0.503. The predicted octanol–water partition coefficient (Wildman–Crippen LogP) is 3.26. The van der Waals surface area contributed by atoms with Gasteiger partial charge in [0, 0.05) is 37.2 Å². The first-order valence-electron chi connectivity index (χ1n) is 9.26. The van der Waals surface area contributed by atoms with Gasteiger partial charge in [-0.1, -0.05) is 30.3 Å². The van der Waals surface area contributed by atoms with Crippen LogP contribution >= 0.6 is 11.6 Å². The van der Waals surface area contributed by atoms with Crippen molar-refractivity contribution in [1.82, 2.24) is 14.9 Å².